The van der Waals surface area contributed by atoms with Crippen LogP contribution in [0.1, 0.15) is 0 Å². The summed E-state index contributed by atoms with van der Waals surface area (Å²) >= 11 is 10.3. The molecule has 0 saturated carbocycles. The molecule has 0 fully saturated rings. The van der Waals surface area contributed by atoms with Crippen molar-refractivity contribution in [2.45, 2.75) is 0 Å². The molecular formula is C8H4Br3N. The first-order valence-corrected chi connectivity index (χ1v) is 5.68. The molecule has 0 bridgehead atoms. The number of nitrogens with one attached hydrogen (secondary N) is 1. The van der Waals surface area contributed by atoms with Gasteiger partial charge in [0.25, 0.3) is 0 Å². The Balaban J connectivity index is 2.88. The molecule has 2 rings (SSSR count). The van der Waals surface area contributed by atoms with Gasteiger partial charge in [0.2, 0.25) is 0 Å². The molecular weight excluding hydrogens is 350 g/mol. The number of hydrogen-bond acceptors (Lipinski definition) is 0. The molecule has 0 aliphatic carbocycles. The van der Waals surface area contributed by atoms with Crippen molar-refractivity contribution in [3.05, 3.63) is 31.7 Å². The Morgan fingerprint density at radius 1 is 1.08 bits per heavy atom. The molecule has 4 heteroatoms. The quantitative estimate of drug-likeness (QED) is 0.720. The fourth-order valence-electron chi connectivity index (χ4n) is 1.10. The normalized spacial score (nSPS) is 10.9. The number of halogens is 3. The minimum Gasteiger partial charge on any atom is -0.348 e. The SMILES string of the molecule is Brc1ccc2[nH]c(Br)c(Br)c2c1. The molecule has 1 N–H and O–H groups in total. The van der Waals surface area contributed by atoms with Gasteiger partial charge in [-0.15, -0.1) is 0 Å². The van der Waals surface area contributed by atoms with E-state index in [1.165, 1.54) is 5.39 Å². The molecule has 12 heavy (non-hydrogen) atoms. The number of hydrogen-bond donors (Lipinski definition) is 1. The third kappa shape index (κ3) is 1.36. The van der Waals surface area contributed by atoms with Crippen molar-refractivity contribution in [2.75, 3.05) is 0 Å². The maximum Gasteiger partial charge on any atom is 0.0975 e. The predicted octanol–water partition coefficient (Wildman–Crippen LogP) is 4.46. The predicted molar refractivity (Wildman–Crippen MR) is 61.4 cm³/mol. The Hall–Kier alpha value is 0.200. The number of fused-ring (bicyclic) bond motifs is 1. The largest absolute Gasteiger partial charge is 0.348 e. The minimum absolute atomic E-state index is 0.982. The second-order valence-electron chi connectivity index (χ2n) is 2.44. The molecule has 0 aliphatic rings. The lowest BCUT2D eigenvalue weighted by molar-refractivity contribution is 1.40. The Morgan fingerprint density at radius 2 is 1.83 bits per heavy atom. The highest BCUT2D eigenvalue weighted by Gasteiger charge is 2.05. The van der Waals surface area contributed by atoms with E-state index in [0.29, 0.717) is 0 Å². The maximum absolute atomic E-state index is 3.49. The van der Waals surface area contributed by atoms with Crippen LogP contribution in [0.25, 0.3) is 10.9 Å². The fraction of sp³-hybridized carbons (Fsp3) is 0. The van der Waals surface area contributed by atoms with Gasteiger partial charge in [-0.05, 0) is 50.1 Å². The van der Waals surface area contributed by atoms with Gasteiger partial charge in [-0.3, -0.25) is 0 Å². The molecule has 1 aromatic heterocycles. The first-order chi connectivity index (χ1) is 5.68. The van der Waals surface area contributed by atoms with E-state index >= 15 is 0 Å². The molecule has 0 atom stereocenters. The van der Waals surface area contributed by atoms with Gasteiger partial charge in [-0.25, -0.2) is 0 Å². The molecule has 1 aromatic carbocycles. The second kappa shape index (κ2) is 3.16. The van der Waals surface area contributed by atoms with Crippen LogP contribution >= 0.6 is 47.8 Å². The van der Waals surface area contributed by atoms with Crippen LogP contribution in [0.3, 0.4) is 0 Å². The summed E-state index contributed by atoms with van der Waals surface area (Å²) in [6.45, 7) is 0. The van der Waals surface area contributed by atoms with Crippen LogP contribution in [0.5, 0.6) is 0 Å². The van der Waals surface area contributed by atoms with Gasteiger partial charge in [-0.2, -0.15) is 0 Å². The van der Waals surface area contributed by atoms with Crippen LogP contribution in [0, 0.1) is 0 Å². The van der Waals surface area contributed by atoms with Crippen LogP contribution in [0.15, 0.2) is 31.7 Å². The first-order valence-electron chi connectivity index (χ1n) is 3.30. The number of H-pyrrole nitrogens is 1. The van der Waals surface area contributed by atoms with Crippen LogP contribution in [0.2, 0.25) is 0 Å². The van der Waals surface area contributed by atoms with E-state index in [-0.39, 0.29) is 0 Å². The number of benzene rings is 1. The van der Waals surface area contributed by atoms with Gasteiger partial charge in [0.1, 0.15) is 0 Å². The number of aromatic nitrogens is 1. The fourth-order valence-corrected chi connectivity index (χ4v) is 2.31. The van der Waals surface area contributed by atoms with Gasteiger partial charge in [-0.1, -0.05) is 15.9 Å². The summed E-state index contributed by atoms with van der Waals surface area (Å²) in [5, 5.41) is 1.18. The van der Waals surface area contributed by atoms with E-state index in [0.717, 1.165) is 19.1 Å². The molecule has 1 heterocycles. The Kier molecular flexibility index (Phi) is 2.31. The van der Waals surface area contributed by atoms with Crippen molar-refractivity contribution < 1.29 is 0 Å². The molecule has 2 aromatic rings. The summed E-state index contributed by atoms with van der Waals surface area (Å²) in [7, 11) is 0. The maximum atomic E-state index is 3.49. The molecule has 0 saturated heterocycles. The summed E-state index contributed by atoms with van der Waals surface area (Å²) in [5.41, 5.74) is 1.12. The van der Waals surface area contributed by atoms with Crippen molar-refractivity contribution >= 4 is 58.7 Å². The zero-order valence-electron chi connectivity index (χ0n) is 5.87. The van der Waals surface area contributed by atoms with Gasteiger partial charge in [0.05, 0.1) is 9.08 Å². The van der Waals surface area contributed by atoms with E-state index in [2.05, 4.69) is 58.8 Å². The Morgan fingerprint density at radius 3 is 2.58 bits per heavy atom. The standard InChI is InChI=1S/C8H4Br3N/c9-4-1-2-6-5(3-4)7(10)8(11)12-6/h1-3,12H. The van der Waals surface area contributed by atoms with Gasteiger partial charge >= 0.3 is 0 Å². The van der Waals surface area contributed by atoms with E-state index in [9.17, 15) is 0 Å². The first kappa shape index (κ1) is 8.78. The summed E-state index contributed by atoms with van der Waals surface area (Å²) in [5.74, 6) is 0. The minimum atomic E-state index is 0.982. The molecule has 0 unspecified atom stereocenters. The van der Waals surface area contributed by atoms with Crippen molar-refractivity contribution in [1.82, 2.24) is 4.98 Å². The highest BCUT2D eigenvalue weighted by Crippen LogP contribution is 2.32. The average molecular weight is 354 g/mol. The third-order valence-electron chi connectivity index (χ3n) is 1.66. The van der Waals surface area contributed by atoms with E-state index < -0.39 is 0 Å². The van der Waals surface area contributed by atoms with Crippen molar-refractivity contribution in [3.63, 3.8) is 0 Å². The Labute approximate surface area is 94.9 Å². The Bertz CT molecular complexity index is 433. The lowest BCUT2D eigenvalue weighted by Crippen LogP contribution is -1.66. The van der Waals surface area contributed by atoms with Crippen LogP contribution in [0.4, 0.5) is 0 Å². The smallest absolute Gasteiger partial charge is 0.0975 e. The molecule has 0 aliphatic heterocycles. The topological polar surface area (TPSA) is 15.8 Å². The molecule has 0 amide bonds. The number of rotatable bonds is 0. The second-order valence-corrected chi connectivity index (χ2v) is 4.94. The zero-order valence-corrected chi connectivity index (χ0v) is 10.6. The highest BCUT2D eigenvalue weighted by atomic mass is 79.9. The summed E-state index contributed by atoms with van der Waals surface area (Å²) in [6.07, 6.45) is 0. The number of aromatic amines is 1. The molecule has 1 nitrogen and oxygen atoms in total. The molecule has 62 valence electrons. The van der Waals surface area contributed by atoms with Crippen molar-refractivity contribution in [2.24, 2.45) is 0 Å². The molecule has 0 radical (unpaired) electrons. The van der Waals surface area contributed by atoms with E-state index in [1.54, 1.807) is 0 Å². The summed E-state index contributed by atoms with van der Waals surface area (Å²) in [4.78, 5) is 3.20. The van der Waals surface area contributed by atoms with Crippen LogP contribution < -0.4 is 0 Å². The molecule has 0 spiro atoms. The van der Waals surface area contributed by atoms with Gasteiger partial charge < -0.3 is 4.98 Å². The zero-order chi connectivity index (χ0) is 8.72. The third-order valence-corrected chi connectivity index (χ3v) is 4.10. The highest BCUT2D eigenvalue weighted by molar-refractivity contribution is 9.13. The van der Waals surface area contributed by atoms with Crippen molar-refractivity contribution in [1.29, 1.82) is 0 Å². The lowest BCUT2D eigenvalue weighted by atomic mass is 10.3. The van der Waals surface area contributed by atoms with Gasteiger partial charge in [0, 0.05) is 15.4 Å². The average Bonchev–Trinajstić information content (AvgIpc) is 2.31. The van der Waals surface area contributed by atoms with Crippen LogP contribution in [-0.2, 0) is 0 Å². The van der Waals surface area contributed by atoms with Crippen LogP contribution in [-0.4, -0.2) is 4.98 Å². The summed E-state index contributed by atoms with van der Waals surface area (Å²) < 4.78 is 3.14. The summed E-state index contributed by atoms with van der Waals surface area (Å²) in [6, 6.07) is 6.12. The van der Waals surface area contributed by atoms with E-state index in [4.69, 9.17) is 0 Å². The van der Waals surface area contributed by atoms with E-state index in [1.807, 2.05) is 12.1 Å². The van der Waals surface area contributed by atoms with Crippen molar-refractivity contribution in [3.8, 4) is 0 Å². The lowest BCUT2D eigenvalue weighted by Gasteiger charge is -1.90. The van der Waals surface area contributed by atoms with Gasteiger partial charge in [0.15, 0.2) is 0 Å². The monoisotopic (exact) mass is 351 g/mol.